The summed E-state index contributed by atoms with van der Waals surface area (Å²) in [6, 6.07) is 5.67. The van der Waals surface area contributed by atoms with Crippen molar-refractivity contribution in [1.29, 1.82) is 0 Å². The number of rotatable bonds is 3. The van der Waals surface area contributed by atoms with Crippen LogP contribution in [0, 0.1) is 5.82 Å². The average molecular weight is 360 g/mol. The summed E-state index contributed by atoms with van der Waals surface area (Å²) in [4.78, 5) is 31.3. The Labute approximate surface area is 150 Å². The van der Waals surface area contributed by atoms with Gasteiger partial charge in [-0.05, 0) is 38.6 Å². The standard InChI is InChI=1S/C18H21FN4O3/c1-18(2)17-21-13(14(24)16(26)23(17)9-8-22(18)3)15(25)20-10-11-4-6-12(19)7-5-11/h4-7,24H,8-10H2,1-3H3,(H,20,25). The number of benzene rings is 1. The predicted octanol–water partition coefficient (Wildman–Crippen LogP) is 1.20. The Morgan fingerprint density at radius 1 is 1.31 bits per heavy atom. The van der Waals surface area contributed by atoms with Crippen molar-refractivity contribution < 1.29 is 14.3 Å². The Balaban J connectivity index is 1.91. The maximum atomic E-state index is 12.9. The highest BCUT2D eigenvalue weighted by atomic mass is 19.1. The molecular formula is C18H21FN4O3. The second-order valence-corrected chi connectivity index (χ2v) is 6.88. The van der Waals surface area contributed by atoms with Crippen molar-refractivity contribution in [3.05, 3.63) is 57.5 Å². The van der Waals surface area contributed by atoms with Crippen LogP contribution in [0.4, 0.5) is 4.39 Å². The molecule has 1 amide bonds. The third kappa shape index (κ3) is 3.08. The van der Waals surface area contributed by atoms with E-state index in [1.807, 2.05) is 25.8 Å². The molecule has 0 radical (unpaired) electrons. The monoisotopic (exact) mass is 360 g/mol. The SMILES string of the molecule is CN1CCn2c(nc(C(=O)NCc3ccc(F)cc3)c(O)c2=O)C1(C)C. The van der Waals surface area contributed by atoms with Crippen LogP contribution >= 0.6 is 0 Å². The zero-order valence-corrected chi connectivity index (χ0v) is 14.9. The number of likely N-dealkylation sites (N-methyl/N-ethyl adjacent to an activating group) is 1. The molecule has 7 nitrogen and oxygen atoms in total. The van der Waals surface area contributed by atoms with E-state index in [-0.39, 0.29) is 18.1 Å². The number of hydrogen-bond acceptors (Lipinski definition) is 5. The number of carbonyl (C=O) groups excluding carboxylic acids is 1. The molecule has 0 fully saturated rings. The van der Waals surface area contributed by atoms with Gasteiger partial charge in [-0.1, -0.05) is 12.1 Å². The topological polar surface area (TPSA) is 87.5 Å². The third-order valence-corrected chi connectivity index (χ3v) is 4.89. The number of fused-ring (bicyclic) bond motifs is 1. The first-order valence-electron chi connectivity index (χ1n) is 8.30. The van der Waals surface area contributed by atoms with E-state index in [0.29, 0.717) is 24.5 Å². The molecule has 3 rings (SSSR count). The van der Waals surface area contributed by atoms with E-state index in [2.05, 4.69) is 10.3 Å². The van der Waals surface area contributed by atoms with Gasteiger partial charge in [0.2, 0.25) is 5.75 Å². The number of nitrogens with one attached hydrogen (secondary N) is 1. The lowest BCUT2D eigenvalue weighted by Gasteiger charge is -2.40. The Morgan fingerprint density at radius 2 is 1.96 bits per heavy atom. The van der Waals surface area contributed by atoms with Gasteiger partial charge in [-0.2, -0.15) is 0 Å². The minimum absolute atomic E-state index is 0.127. The number of amides is 1. The van der Waals surface area contributed by atoms with E-state index >= 15 is 0 Å². The zero-order valence-electron chi connectivity index (χ0n) is 14.9. The van der Waals surface area contributed by atoms with Crippen molar-refractivity contribution in [2.24, 2.45) is 0 Å². The summed E-state index contributed by atoms with van der Waals surface area (Å²) < 4.78 is 14.3. The lowest BCUT2D eigenvalue weighted by molar-refractivity contribution is 0.0919. The van der Waals surface area contributed by atoms with Gasteiger partial charge in [-0.25, -0.2) is 9.37 Å². The Bertz CT molecular complexity index is 906. The van der Waals surface area contributed by atoms with Gasteiger partial charge in [0.1, 0.15) is 11.6 Å². The Hall–Kier alpha value is -2.74. The molecule has 0 spiro atoms. The van der Waals surface area contributed by atoms with Crippen LogP contribution in [-0.4, -0.2) is 39.1 Å². The van der Waals surface area contributed by atoms with Crippen molar-refractivity contribution in [3.8, 4) is 5.75 Å². The van der Waals surface area contributed by atoms with Crippen molar-refractivity contribution in [3.63, 3.8) is 0 Å². The smallest absolute Gasteiger partial charge is 0.296 e. The van der Waals surface area contributed by atoms with Crippen LogP contribution in [0.2, 0.25) is 0 Å². The largest absolute Gasteiger partial charge is 0.501 e. The first-order chi connectivity index (χ1) is 12.2. The quantitative estimate of drug-likeness (QED) is 0.859. The van der Waals surface area contributed by atoms with E-state index in [1.54, 1.807) is 12.1 Å². The Morgan fingerprint density at radius 3 is 2.62 bits per heavy atom. The molecule has 1 aromatic heterocycles. The molecule has 0 unspecified atom stereocenters. The maximum absolute atomic E-state index is 12.9. The molecule has 1 aliphatic rings. The van der Waals surface area contributed by atoms with Crippen LogP contribution in [-0.2, 0) is 18.6 Å². The second kappa shape index (κ2) is 6.53. The highest BCUT2D eigenvalue weighted by Crippen LogP contribution is 2.28. The number of carbonyl (C=O) groups is 1. The summed E-state index contributed by atoms with van der Waals surface area (Å²) in [5.41, 5.74) is -0.791. The fourth-order valence-corrected chi connectivity index (χ4v) is 2.95. The normalized spacial score (nSPS) is 16.2. The highest BCUT2D eigenvalue weighted by Gasteiger charge is 2.36. The van der Waals surface area contributed by atoms with Crippen molar-refractivity contribution in [1.82, 2.24) is 19.8 Å². The van der Waals surface area contributed by atoms with Crippen LogP contribution in [0.3, 0.4) is 0 Å². The van der Waals surface area contributed by atoms with Crippen LogP contribution in [0.1, 0.15) is 35.7 Å². The second-order valence-electron chi connectivity index (χ2n) is 6.88. The fraction of sp³-hybridized carbons (Fsp3) is 0.389. The molecule has 1 aromatic carbocycles. The van der Waals surface area contributed by atoms with Crippen LogP contribution in [0.15, 0.2) is 29.1 Å². The van der Waals surface area contributed by atoms with E-state index < -0.39 is 22.8 Å². The third-order valence-electron chi connectivity index (χ3n) is 4.89. The van der Waals surface area contributed by atoms with Gasteiger partial charge < -0.3 is 10.4 Å². The number of aromatic nitrogens is 2. The molecule has 1 aliphatic heterocycles. The van der Waals surface area contributed by atoms with Gasteiger partial charge in [-0.15, -0.1) is 0 Å². The summed E-state index contributed by atoms with van der Waals surface area (Å²) in [6.45, 7) is 4.97. The molecule has 26 heavy (non-hydrogen) atoms. The molecule has 2 heterocycles. The van der Waals surface area contributed by atoms with Gasteiger partial charge in [0.15, 0.2) is 5.69 Å². The molecule has 0 saturated carbocycles. The summed E-state index contributed by atoms with van der Waals surface area (Å²) >= 11 is 0. The molecular weight excluding hydrogens is 339 g/mol. The van der Waals surface area contributed by atoms with E-state index in [4.69, 9.17) is 0 Å². The van der Waals surface area contributed by atoms with Crippen molar-refractivity contribution >= 4 is 5.91 Å². The number of nitrogens with zero attached hydrogens (tertiary/aromatic N) is 3. The molecule has 0 atom stereocenters. The molecule has 0 saturated heterocycles. The summed E-state index contributed by atoms with van der Waals surface area (Å²) in [5, 5.41) is 12.8. The molecule has 2 N–H and O–H groups in total. The van der Waals surface area contributed by atoms with Gasteiger partial charge in [-0.3, -0.25) is 19.1 Å². The minimum Gasteiger partial charge on any atom is -0.501 e. The predicted molar refractivity (Wildman–Crippen MR) is 93.4 cm³/mol. The number of aromatic hydroxyl groups is 1. The first-order valence-corrected chi connectivity index (χ1v) is 8.30. The maximum Gasteiger partial charge on any atom is 0.296 e. The van der Waals surface area contributed by atoms with Crippen molar-refractivity contribution in [2.75, 3.05) is 13.6 Å². The van der Waals surface area contributed by atoms with Crippen LogP contribution in [0.5, 0.6) is 5.75 Å². The number of hydrogen-bond donors (Lipinski definition) is 2. The van der Waals surface area contributed by atoms with Crippen LogP contribution < -0.4 is 10.9 Å². The van der Waals surface area contributed by atoms with E-state index in [9.17, 15) is 19.1 Å². The van der Waals surface area contributed by atoms with Gasteiger partial charge >= 0.3 is 0 Å². The lowest BCUT2D eigenvalue weighted by atomic mass is 9.99. The summed E-state index contributed by atoms with van der Waals surface area (Å²) in [5.74, 6) is -1.25. The molecule has 8 heteroatoms. The van der Waals surface area contributed by atoms with Crippen molar-refractivity contribution in [2.45, 2.75) is 32.5 Å². The van der Waals surface area contributed by atoms with Gasteiger partial charge in [0.25, 0.3) is 11.5 Å². The molecule has 0 aliphatic carbocycles. The first kappa shape index (κ1) is 18.1. The molecule has 138 valence electrons. The summed E-state index contributed by atoms with van der Waals surface area (Å²) in [6.07, 6.45) is 0. The minimum atomic E-state index is -0.661. The van der Waals surface area contributed by atoms with E-state index in [1.165, 1.54) is 16.7 Å². The Kier molecular flexibility index (Phi) is 4.53. The van der Waals surface area contributed by atoms with E-state index in [0.717, 1.165) is 0 Å². The highest BCUT2D eigenvalue weighted by molar-refractivity contribution is 5.94. The lowest BCUT2D eigenvalue weighted by Crippen LogP contribution is -2.51. The van der Waals surface area contributed by atoms with Gasteiger partial charge in [0, 0.05) is 19.6 Å². The number of halogens is 1. The fourth-order valence-electron chi connectivity index (χ4n) is 2.95. The van der Waals surface area contributed by atoms with Crippen LogP contribution in [0.25, 0.3) is 0 Å². The summed E-state index contributed by atoms with van der Waals surface area (Å²) in [7, 11) is 1.91. The zero-order chi connectivity index (χ0) is 19.1. The van der Waals surface area contributed by atoms with Gasteiger partial charge in [0.05, 0.1) is 5.54 Å². The average Bonchev–Trinajstić information content (AvgIpc) is 2.60. The molecule has 2 aromatic rings. The molecule has 0 bridgehead atoms.